The van der Waals surface area contributed by atoms with Crippen molar-refractivity contribution in [2.75, 3.05) is 41.0 Å². The number of likely N-dealkylation sites (N-methyl/N-ethyl adjacent to an activating group) is 1. The number of hydrogen-bond acceptors (Lipinski definition) is 7. The van der Waals surface area contributed by atoms with Crippen molar-refractivity contribution in [3.63, 3.8) is 0 Å². The number of carbonyl (C=O) groups excluding carboxylic acids is 2. The molecule has 34 heavy (non-hydrogen) atoms. The monoisotopic (exact) mass is 464 g/mol. The fourth-order valence-electron chi connectivity index (χ4n) is 4.09. The van der Waals surface area contributed by atoms with Crippen molar-refractivity contribution in [3.8, 4) is 0 Å². The van der Waals surface area contributed by atoms with E-state index in [9.17, 15) is 9.59 Å². The lowest BCUT2D eigenvalue weighted by molar-refractivity contribution is -0.137. The van der Waals surface area contributed by atoms with Gasteiger partial charge in [0.1, 0.15) is 0 Å². The van der Waals surface area contributed by atoms with Crippen LogP contribution in [0.1, 0.15) is 24.0 Å². The van der Waals surface area contributed by atoms with Gasteiger partial charge in [-0.3, -0.25) is 4.90 Å². The van der Waals surface area contributed by atoms with E-state index in [1.54, 1.807) is 6.92 Å². The Kier molecular flexibility index (Phi) is 9.01. The van der Waals surface area contributed by atoms with Gasteiger partial charge < -0.3 is 19.5 Å². The van der Waals surface area contributed by atoms with E-state index in [0.717, 1.165) is 18.7 Å². The van der Waals surface area contributed by atoms with E-state index in [-0.39, 0.29) is 6.61 Å². The molecule has 180 valence electrons. The fourth-order valence-corrected chi connectivity index (χ4v) is 4.09. The highest BCUT2D eigenvalue weighted by Gasteiger charge is 2.38. The quantitative estimate of drug-likeness (QED) is 0.427. The van der Waals surface area contributed by atoms with Gasteiger partial charge in [-0.1, -0.05) is 60.7 Å². The third-order valence-electron chi connectivity index (χ3n) is 5.75. The van der Waals surface area contributed by atoms with Crippen LogP contribution in [-0.2, 0) is 30.3 Å². The molecule has 1 heterocycles. The number of methoxy groups -OCH3 is 2. The summed E-state index contributed by atoms with van der Waals surface area (Å²) in [5.41, 5.74) is 3.95. The number of nitrogens with zero attached hydrogens (tertiary/aromatic N) is 1. The van der Waals surface area contributed by atoms with Crippen molar-refractivity contribution in [2.24, 2.45) is 0 Å². The molecule has 1 atom stereocenters. The summed E-state index contributed by atoms with van der Waals surface area (Å²) < 4.78 is 16.1. The third kappa shape index (κ3) is 6.12. The summed E-state index contributed by atoms with van der Waals surface area (Å²) in [6.45, 7) is 3.99. The highest BCUT2D eigenvalue weighted by Crippen LogP contribution is 2.39. The van der Waals surface area contributed by atoms with Gasteiger partial charge in [-0.25, -0.2) is 9.59 Å². The number of dihydropyridines is 1. The maximum Gasteiger partial charge on any atom is 0.336 e. The molecule has 1 aliphatic heterocycles. The largest absolute Gasteiger partial charge is 0.466 e. The van der Waals surface area contributed by atoms with Gasteiger partial charge in [-0.15, -0.1) is 0 Å². The Morgan fingerprint density at radius 1 is 0.912 bits per heavy atom. The molecule has 7 nitrogen and oxygen atoms in total. The predicted octanol–water partition coefficient (Wildman–Crippen LogP) is 3.40. The average molecular weight is 465 g/mol. The lowest BCUT2D eigenvalue weighted by Crippen LogP contribution is -2.34. The van der Waals surface area contributed by atoms with Crippen LogP contribution in [0.4, 0.5) is 0 Å². The van der Waals surface area contributed by atoms with E-state index in [2.05, 4.69) is 22.3 Å². The smallest absolute Gasteiger partial charge is 0.336 e. The van der Waals surface area contributed by atoms with Gasteiger partial charge in [0, 0.05) is 18.8 Å². The highest BCUT2D eigenvalue weighted by molar-refractivity contribution is 5.99. The van der Waals surface area contributed by atoms with E-state index in [0.29, 0.717) is 29.1 Å². The molecule has 0 radical (unpaired) electrons. The molecule has 1 unspecified atom stereocenters. The minimum Gasteiger partial charge on any atom is -0.466 e. The van der Waals surface area contributed by atoms with Crippen LogP contribution in [0.5, 0.6) is 0 Å². The summed E-state index contributed by atoms with van der Waals surface area (Å²) in [6, 6.07) is 19.6. The Balaban J connectivity index is 1.79. The van der Waals surface area contributed by atoms with E-state index in [1.165, 1.54) is 19.8 Å². The molecule has 1 N–H and O–H groups in total. The minimum absolute atomic E-state index is 0.179. The summed E-state index contributed by atoms with van der Waals surface area (Å²) in [5.74, 6) is -1.64. The molecule has 0 bridgehead atoms. The number of ether oxygens (including phenoxy) is 3. The van der Waals surface area contributed by atoms with Gasteiger partial charge in [-0.2, -0.15) is 0 Å². The van der Waals surface area contributed by atoms with Gasteiger partial charge in [0.25, 0.3) is 0 Å². The third-order valence-corrected chi connectivity index (χ3v) is 5.75. The van der Waals surface area contributed by atoms with Gasteiger partial charge in [-0.05, 0) is 25.1 Å². The lowest BCUT2D eigenvalue weighted by atomic mass is 9.80. The van der Waals surface area contributed by atoms with E-state index in [4.69, 9.17) is 14.2 Å². The molecule has 3 rings (SSSR count). The highest BCUT2D eigenvalue weighted by atomic mass is 16.5. The Morgan fingerprint density at radius 3 is 2.12 bits per heavy atom. The zero-order valence-electron chi connectivity index (χ0n) is 20.2. The summed E-state index contributed by atoms with van der Waals surface area (Å²) in [5, 5.41) is 3.19. The Labute approximate surface area is 201 Å². The van der Waals surface area contributed by atoms with Crippen LogP contribution in [0.15, 0.2) is 83.2 Å². The standard InChI is InChI=1S/C27H32N2O5/c1-19-23(26(30)32-3)24(21-13-9-6-10-14-21)25(27(31)33-4)22(28-19)18-34-16-15-29(2)17-20-11-7-5-8-12-20/h5-14,24,28H,15-18H2,1-4H3. The van der Waals surface area contributed by atoms with Crippen molar-refractivity contribution < 1.29 is 23.8 Å². The van der Waals surface area contributed by atoms with E-state index >= 15 is 0 Å². The lowest BCUT2D eigenvalue weighted by Gasteiger charge is -2.31. The number of esters is 2. The molecule has 2 aromatic carbocycles. The second kappa shape index (κ2) is 12.2. The Bertz CT molecular complexity index is 1050. The Hall–Kier alpha value is -3.42. The summed E-state index contributed by atoms with van der Waals surface area (Å²) in [7, 11) is 4.70. The van der Waals surface area contributed by atoms with E-state index < -0.39 is 17.9 Å². The van der Waals surface area contributed by atoms with Crippen LogP contribution >= 0.6 is 0 Å². The maximum atomic E-state index is 12.9. The van der Waals surface area contributed by atoms with Crippen molar-refractivity contribution in [3.05, 3.63) is 94.3 Å². The van der Waals surface area contributed by atoms with Crippen molar-refractivity contribution in [1.82, 2.24) is 10.2 Å². The number of benzene rings is 2. The molecule has 0 amide bonds. The number of nitrogens with one attached hydrogen (secondary N) is 1. The van der Waals surface area contributed by atoms with Gasteiger partial charge >= 0.3 is 11.9 Å². The summed E-state index contributed by atoms with van der Waals surface area (Å²) in [4.78, 5) is 27.8. The molecular formula is C27H32N2O5. The summed E-state index contributed by atoms with van der Waals surface area (Å²) in [6.07, 6.45) is 0. The number of carbonyl (C=O) groups is 2. The normalized spacial score (nSPS) is 15.9. The van der Waals surface area contributed by atoms with Crippen LogP contribution in [0.3, 0.4) is 0 Å². The molecule has 0 saturated heterocycles. The van der Waals surface area contributed by atoms with Crippen LogP contribution in [0.25, 0.3) is 0 Å². The molecule has 0 aromatic heterocycles. The molecule has 0 aliphatic carbocycles. The van der Waals surface area contributed by atoms with Gasteiger partial charge in [0.2, 0.25) is 0 Å². The van der Waals surface area contributed by atoms with Crippen molar-refractivity contribution in [1.29, 1.82) is 0 Å². The van der Waals surface area contributed by atoms with Crippen LogP contribution < -0.4 is 5.32 Å². The van der Waals surface area contributed by atoms with Crippen molar-refractivity contribution in [2.45, 2.75) is 19.4 Å². The summed E-state index contributed by atoms with van der Waals surface area (Å²) >= 11 is 0. The topological polar surface area (TPSA) is 77.1 Å². The zero-order chi connectivity index (χ0) is 24.5. The van der Waals surface area contributed by atoms with Gasteiger partial charge in [0.15, 0.2) is 0 Å². The minimum atomic E-state index is -0.623. The van der Waals surface area contributed by atoms with Gasteiger partial charge in [0.05, 0.1) is 50.2 Å². The SMILES string of the molecule is COC(=O)C1=C(C)NC(COCCN(C)Cc2ccccc2)=C(C(=O)OC)C1c1ccccc1. The fraction of sp³-hybridized carbons (Fsp3) is 0.333. The molecule has 0 saturated carbocycles. The number of rotatable bonds is 10. The molecule has 0 spiro atoms. The first-order valence-electron chi connectivity index (χ1n) is 11.2. The molecule has 2 aromatic rings. The first-order valence-corrected chi connectivity index (χ1v) is 11.2. The average Bonchev–Trinajstić information content (AvgIpc) is 2.86. The number of hydrogen-bond donors (Lipinski definition) is 1. The maximum absolute atomic E-state index is 12.9. The Morgan fingerprint density at radius 2 is 1.50 bits per heavy atom. The molecule has 1 aliphatic rings. The molecular weight excluding hydrogens is 432 g/mol. The van der Waals surface area contributed by atoms with Crippen LogP contribution in [0, 0.1) is 0 Å². The van der Waals surface area contributed by atoms with E-state index in [1.807, 2.05) is 55.6 Å². The second-order valence-corrected chi connectivity index (χ2v) is 8.16. The first kappa shape index (κ1) is 25.2. The molecule has 0 fully saturated rings. The van der Waals surface area contributed by atoms with Crippen LogP contribution in [-0.4, -0.2) is 57.9 Å². The van der Waals surface area contributed by atoms with Crippen LogP contribution in [0.2, 0.25) is 0 Å². The van der Waals surface area contributed by atoms with Crippen molar-refractivity contribution >= 4 is 11.9 Å². The molecule has 7 heteroatoms. The zero-order valence-corrected chi connectivity index (χ0v) is 20.2. The predicted molar refractivity (Wildman–Crippen MR) is 130 cm³/mol. The second-order valence-electron chi connectivity index (χ2n) is 8.16. The number of allylic oxidation sites excluding steroid dienone is 1. The first-order chi connectivity index (χ1) is 16.5.